The SMILES string of the molecule is [2H]c1c([2H])c(N(c2ccc(-c3cc4ccccc4c4ccccc34)cc2)c2ccc3c(c2)C(C)(C)c2ccccc2-3)c([2H])c([2H])c1-c1cccc(-c2cccc3ccccc23)c1. The van der Waals surface area contributed by atoms with Crippen molar-refractivity contribution in [2.24, 2.45) is 0 Å². The van der Waals surface area contributed by atoms with Gasteiger partial charge in [-0.2, -0.15) is 0 Å². The molecule has 0 bridgehead atoms. The van der Waals surface area contributed by atoms with Crippen LogP contribution in [0, 0.1) is 0 Å². The monoisotopic (exact) mass is 743 g/mol. The van der Waals surface area contributed by atoms with Crippen molar-refractivity contribution in [2.45, 2.75) is 19.3 Å². The first-order valence-electron chi connectivity index (χ1n) is 21.9. The molecule has 0 unspecified atom stereocenters. The average molecular weight is 744 g/mol. The van der Waals surface area contributed by atoms with Gasteiger partial charge in [-0.15, -0.1) is 0 Å². The zero-order valence-electron chi connectivity index (χ0n) is 36.3. The lowest BCUT2D eigenvalue weighted by Crippen LogP contribution is -2.16. The molecular weight excluding hydrogens is 699 g/mol. The minimum absolute atomic E-state index is 0.0887. The van der Waals surface area contributed by atoms with Gasteiger partial charge in [-0.1, -0.05) is 178 Å². The Morgan fingerprint density at radius 2 is 0.948 bits per heavy atom. The van der Waals surface area contributed by atoms with Crippen molar-refractivity contribution >= 4 is 49.4 Å². The maximum atomic E-state index is 9.73. The quantitative estimate of drug-likeness (QED) is 0.153. The molecule has 0 amide bonds. The van der Waals surface area contributed by atoms with Gasteiger partial charge in [0, 0.05) is 22.5 Å². The van der Waals surface area contributed by atoms with E-state index in [1.807, 2.05) is 59.5 Å². The third kappa shape index (κ3) is 5.54. The van der Waals surface area contributed by atoms with Crippen LogP contribution in [0.5, 0.6) is 0 Å². The Hall–Kier alpha value is -7.22. The summed E-state index contributed by atoms with van der Waals surface area (Å²) in [7, 11) is 0. The van der Waals surface area contributed by atoms with Crippen molar-refractivity contribution in [3.05, 3.63) is 223 Å². The van der Waals surface area contributed by atoms with Crippen LogP contribution < -0.4 is 4.90 Å². The molecule has 0 radical (unpaired) electrons. The van der Waals surface area contributed by atoms with Crippen LogP contribution in [0.15, 0.2) is 212 Å². The molecule has 1 aliphatic rings. The molecule has 274 valence electrons. The first-order valence-corrected chi connectivity index (χ1v) is 19.9. The molecule has 0 aliphatic heterocycles. The summed E-state index contributed by atoms with van der Waals surface area (Å²) in [5.41, 5.74) is 11.2. The van der Waals surface area contributed by atoms with Crippen molar-refractivity contribution in [2.75, 3.05) is 4.90 Å². The van der Waals surface area contributed by atoms with Crippen molar-refractivity contribution in [1.82, 2.24) is 0 Å². The first kappa shape index (κ1) is 30.0. The van der Waals surface area contributed by atoms with E-state index in [4.69, 9.17) is 0 Å². The van der Waals surface area contributed by atoms with Gasteiger partial charge in [-0.05, 0) is 136 Å². The van der Waals surface area contributed by atoms with E-state index in [2.05, 4.69) is 147 Å². The van der Waals surface area contributed by atoms with Crippen LogP contribution in [0.3, 0.4) is 0 Å². The van der Waals surface area contributed by atoms with Gasteiger partial charge >= 0.3 is 0 Å². The molecule has 11 rings (SSSR count). The number of hydrogen-bond donors (Lipinski definition) is 0. The maximum absolute atomic E-state index is 9.73. The molecule has 0 saturated carbocycles. The Labute approximate surface area is 345 Å². The van der Waals surface area contributed by atoms with Crippen molar-refractivity contribution in [3.63, 3.8) is 0 Å². The summed E-state index contributed by atoms with van der Waals surface area (Å²) in [5, 5.41) is 6.97. The molecular formula is C57H41N. The smallest absolute Gasteiger partial charge is 0.0645 e. The Morgan fingerprint density at radius 3 is 1.78 bits per heavy atom. The van der Waals surface area contributed by atoms with E-state index in [1.54, 1.807) is 0 Å². The van der Waals surface area contributed by atoms with Crippen LogP contribution in [0.25, 0.3) is 76.8 Å². The largest absolute Gasteiger partial charge is 0.310 e. The molecule has 1 heteroatoms. The molecule has 0 spiro atoms. The van der Waals surface area contributed by atoms with Crippen LogP contribution in [0.4, 0.5) is 17.1 Å². The lowest BCUT2D eigenvalue weighted by atomic mass is 9.82. The third-order valence-corrected chi connectivity index (χ3v) is 12.1. The fourth-order valence-electron chi connectivity index (χ4n) is 9.20. The van der Waals surface area contributed by atoms with Crippen LogP contribution in [-0.4, -0.2) is 0 Å². The van der Waals surface area contributed by atoms with Gasteiger partial charge < -0.3 is 4.90 Å². The standard InChI is InChI=1S/C57H41N/c1-57(2)55-24-10-9-22-52(55)53-34-33-46(37-56(53)57)58(45-31-27-40(28-32-45)54-36-43-14-4-6-19-49(43)50-20-7-8-21-51(50)54)44-29-25-38(26-30-44)41-16-11-17-42(35-41)48-23-12-15-39-13-3-5-18-47(39)48/h3-37H,1-2H3/i25D,26D,29D,30D. The van der Waals surface area contributed by atoms with Crippen molar-refractivity contribution in [3.8, 4) is 44.5 Å². The van der Waals surface area contributed by atoms with E-state index < -0.39 is 0 Å². The number of nitrogens with zero attached hydrogens (tertiary/aromatic N) is 1. The fraction of sp³-hybridized carbons (Fsp3) is 0.0526. The van der Waals surface area contributed by atoms with E-state index >= 15 is 0 Å². The number of rotatable bonds is 6. The number of benzene rings is 10. The normalized spacial score (nSPS) is 13.8. The van der Waals surface area contributed by atoms with Gasteiger partial charge in [0.2, 0.25) is 0 Å². The van der Waals surface area contributed by atoms with Gasteiger partial charge in [0.05, 0.1) is 5.48 Å². The van der Waals surface area contributed by atoms with E-state index in [9.17, 15) is 5.48 Å². The first-order chi connectivity index (χ1) is 30.2. The molecule has 0 fully saturated rings. The molecule has 0 atom stereocenters. The Morgan fingerprint density at radius 1 is 0.345 bits per heavy atom. The van der Waals surface area contributed by atoms with Crippen molar-refractivity contribution < 1.29 is 5.48 Å². The summed E-state index contributed by atoms with van der Waals surface area (Å²) in [5.74, 6) is 0. The molecule has 0 saturated heterocycles. The second kappa shape index (κ2) is 13.5. The summed E-state index contributed by atoms with van der Waals surface area (Å²) in [6.07, 6.45) is 0. The number of anilines is 3. The number of hydrogen-bond acceptors (Lipinski definition) is 1. The lowest BCUT2D eigenvalue weighted by Gasteiger charge is -2.28. The van der Waals surface area contributed by atoms with Crippen LogP contribution in [0.1, 0.15) is 30.5 Å². The van der Waals surface area contributed by atoms with Gasteiger partial charge in [0.25, 0.3) is 0 Å². The molecule has 10 aromatic carbocycles. The van der Waals surface area contributed by atoms with Gasteiger partial charge in [0.1, 0.15) is 0 Å². The minimum atomic E-state index is -0.289. The summed E-state index contributed by atoms with van der Waals surface area (Å²) in [6, 6.07) is 64.4. The second-order valence-corrected chi connectivity index (χ2v) is 15.8. The highest BCUT2D eigenvalue weighted by atomic mass is 15.1. The van der Waals surface area contributed by atoms with Crippen LogP contribution in [-0.2, 0) is 5.41 Å². The predicted octanol–water partition coefficient (Wildman–Crippen LogP) is 15.9. The van der Waals surface area contributed by atoms with Crippen LogP contribution >= 0.6 is 0 Å². The predicted molar refractivity (Wildman–Crippen MR) is 248 cm³/mol. The summed E-state index contributed by atoms with van der Waals surface area (Å²) in [4.78, 5) is 1.92. The molecule has 10 aromatic rings. The van der Waals surface area contributed by atoms with Gasteiger partial charge in [-0.3, -0.25) is 0 Å². The van der Waals surface area contributed by atoms with Gasteiger partial charge in [-0.25, -0.2) is 0 Å². The zero-order valence-corrected chi connectivity index (χ0v) is 32.3. The third-order valence-electron chi connectivity index (χ3n) is 12.1. The van der Waals surface area contributed by atoms with E-state index in [-0.39, 0.29) is 40.8 Å². The molecule has 0 N–H and O–H groups in total. The fourth-order valence-corrected chi connectivity index (χ4v) is 9.20. The highest BCUT2D eigenvalue weighted by molar-refractivity contribution is 6.13. The Balaban J connectivity index is 1.08. The van der Waals surface area contributed by atoms with Crippen molar-refractivity contribution in [1.29, 1.82) is 0 Å². The zero-order chi connectivity index (χ0) is 42.3. The maximum Gasteiger partial charge on any atom is 0.0645 e. The second-order valence-electron chi connectivity index (χ2n) is 15.8. The molecule has 1 nitrogen and oxygen atoms in total. The highest BCUT2D eigenvalue weighted by Gasteiger charge is 2.35. The number of fused-ring (bicyclic) bond motifs is 7. The van der Waals surface area contributed by atoms with Gasteiger partial charge in [0.15, 0.2) is 0 Å². The summed E-state index contributed by atoms with van der Waals surface area (Å²) >= 11 is 0. The lowest BCUT2D eigenvalue weighted by molar-refractivity contribution is 0.660. The molecule has 0 heterocycles. The molecule has 0 aromatic heterocycles. The molecule has 1 aliphatic carbocycles. The topological polar surface area (TPSA) is 3.24 Å². The summed E-state index contributed by atoms with van der Waals surface area (Å²) in [6.45, 7) is 4.48. The Kier molecular flexibility index (Phi) is 6.96. The van der Waals surface area contributed by atoms with E-state index in [1.165, 1.54) is 27.3 Å². The van der Waals surface area contributed by atoms with Crippen LogP contribution in [0.2, 0.25) is 0 Å². The minimum Gasteiger partial charge on any atom is -0.310 e. The van der Waals surface area contributed by atoms with E-state index in [0.29, 0.717) is 5.56 Å². The highest BCUT2D eigenvalue weighted by Crippen LogP contribution is 2.51. The Bertz CT molecular complexity index is 3410. The molecule has 58 heavy (non-hydrogen) atoms. The summed E-state index contributed by atoms with van der Waals surface area (Å²) < 4.78 is 38.6. The van der Waals surface area contributed by atoms with E-state index in [0.717, 1.165) is 60.9 Å². The average Bonchev–Trinajstić information content (AvgIpc) is 3.54.